The Labute approximate surface area is 190 Å². The maximum absolute atomic E-state index is 13.1. The predicted molar refractivity (Wildman–Crippen MR) is 116 cm³/mol. The van der Waals surface area contributed by atoms with Gasteiger partial charge in [0.25, 0.3) is 11.7 Å². The SMILES string of the molecule is CC(C)c1cc(C(=O)N2CCC3(CC2)c2ccc(C(=O)C(F)(F)F)n2CCN3C)ccc1O. The van der Waals surface area contributed by atoms with Crippen molar-refractivity contribution in [2.75, 3.05) is 26.7 Å². The number of likely N-dealkylation sites (N-methyl/N-ethyl adjacent to an activating group) is 1. The molecule has 2 aliphatic heterocycles. The van der Waals surface area contributed by atoms with Gasteiger partial charge in [0.1, 0.15) is 5.75 Å². The van der Waals surface area contributed by atoms with Crippen molar-refractivity contribution in [2.24, 2.45) is 0 Å². The van der Waals surface area contributed by atoms with Crippen LogP contribution in [-0.2, 0) is 12.1 Å². The first-order chi connectivity index (χ1) is 15.5. The number of halogens is 3. The number of likely N-dealkylation sites (tertiary alicyclic amines) is 1. The number of alkyl halides is 3. The van der Waals surface area contributed by atoms with Crippen LogP contribution in [0.1, 0.15) is 64.7 Å². The molecule has 0 unspecified atom stereocenters. The van der Waals surface area contributed by atoms with E-state index < -0.39 is 17.5 Å². The Kier molecular flexibility index (Phi) is 5.80. The van der Waals surface area contributed by atoms with E-state index in [0.717, 1.165) is 0 Å². The molecule has 3 heterocycles. The largest absolute Gasteiger partial charge is 0.508 e. The van der Waals surface area contributed by atoms with Crippen molar-refractivity contribution in [1.29, 1.82) is 0 Å². The van der Waals surface area contributed by atoms with Crippen molar-refractivity contribution in [2.45, 2.75) is 50.9 Å². The van der Waals surface area contributed by atoms with Gasteiger partial charge in [0.05, 0.1) is 11.2 Å². The van der Waals surface area contributed by atoms with Crippen LogP contribution in [0.3, 0.4) is 0 Å². The minimum atomic E-state index is -4.92. The lowest BCUT2D eigenvalue weighted by molar-refractivity contribution is -0.0892. The number of hydrogen-bond acceptors (Lipinski definition) is 4. The summed E-state index contributed by atoms with van der Waals surface area (Å²) in [5, 5.41) is 10.0. The number of phenols is 1. The summed E-state index contributed by atoms with van der Waals surface area (Å²) >= 11 is 0. The molecule has 2 aliphatic rings. The molecule has 2 aromatic rings. The van der Waals surface area contributed by atoms with Crippen LogP contribution in [0.5, 0.6) is 5.75 Å². The number of amides is 1. The summed E-state index contributed by atoms with van der Waals surface area (Å²) in [4.78, 5) is 28.9. The van der Waals surface area contributed by atoms with Crippen molar-refractivity contribution in [1.82, 2.24) is 14.4 Å². The highest BCUT2D eigenvalue weighted by atomic mass is 19.4. The van der Waals surface area contributed by atoms with Crippen molar-refractivity contribution in [3.8, 4) is 5.75 Å². The van der Waals surface area contributed by atoms with E-state index in [4.69, 9.17) is 0 Å². The first-order valence-electron chi connectivity index (χ1n) is 11.1. The summed E-state index contributed by atoms with van der Waals surface area (Å²) in [6, 6.07) is 7.77. The van der Waals surface area contributed by atoms with Gasteiger partial charge in [-0.05, 0) is 61.7 Å². The standard InChI is InChI=1S/C24H28F3N3O3/c1-15(2)17-14-16(4-6-19(17)31)22(33)29-10-8-23(9-11-29)20-7-5-18(21(32)24(25,26)27)30(20)13-12-28(23)3/h4-7,14-15,31H,8-13H2,1-3H3. The second-order valence-electron chi connectivity index (χ2n) is 9.26. The molecule has 1 spiro atoms. The fourth-order valence-corrected chi connectivity index (χ4v) is 5.17. The summed E-state index contributed by atoms with van der Waals surface area (Å²) in [5.74, 6) is -1.73. The number of benzene rings is 1. The summed E-state index contributed by atoms with van der Waals surface area (Å²) in [5.41, 5.74) is 1.06. The molecule has 0 saturated carbocycles. The van der Waals surface area contributed by atoms with E-state index in [1.54, 1.807) is 23.1 Å². The van der Waals surface area contributed by atoms with Gasteiger partial charge < -0.3 is 14.6 Å². The molecule has 1 amide bonds. The third-order valence-electron chi connectivity index (χ3n) is 7.11. The van der Waals surface area contributed by atoms with Crippen molar-refractivity contribution >= 4 is 11.7 Å². The van der Waals surface area contributed by atoms with E-state index in [1.165, 1.54) is 16.7 Å². The second-order valence-corrected chi connectivity index (χ2v) is 9.26. The minimum absolute atomic E-state index is 0.0691. The maximum Gasteiger partial charge on any atom is 0.456 e. The van der Waals surface area contributed by atoms with E-state index >= 15 is 0 Å². The molecule has 33 heavy (non-hydrogen) atoms. The number of carbonyl (C=O) groups excluding carboxylic acids is 2. The zero-order chi connectivity index (χ0) is 24.1. The molecule has 178 valence electrons. The molecule has 0 atom stereocenters. The number of hydrogen-bond donors (Lipinski definition) is 1. The Bertz CT molecular complexity index is 1080. The van der Waals surface area contributed by atoms with Gasteiger partial charge in [0, 0.05) is 37.4 Å². The van der Waals surface area contributed by atoms with Gasteiger partial charge in [-0.1, -0.05) is 13.8 Å². The van der Waals surface area contributed by atoms with Crippen LogP contribution in [0.25, 0.3) is 0 Å². The third-order valence-corrected chi connectivity index (χ3v) is 7.11. The smallest absolute Gasteiger partial charge is 0.456 e. The second kappa shape index (κ2) is 8.20. The molecule has 0 aliphatic carbocycles. The lowest BCUT2D eigenvalue weighted by Gasteiger charge is -2.50. The molecule has 1 saturated heterocycles. The van der Waals surface area contributed by atoms with Gasteiger partial charge in [-0.25, -0.2) is 0 Å². The Morgan fingerprint density at radius 3 is 2.30 bits per heavy atom. The van der Waals surface area contributed by atoms with Crippen LogP contribution in [0.15, 0.2) is 30.3 Å². The van der Waals surface area contributed by atoms with Crippen LogP contribution < -0.4 is 0 Å². The van der Waals surface area contributed by atoms with Crippen molar-refractivity contribution in [3.63, 3.8) is 0 Å². The number of phenolic OH excluding ortho intramolecular Hbond substituents is 1. The predicted octanol–water partition coefficient (Wildman–Crippen LogP) is 4.14. The summed E-state index contributed by atoms with van der Waals surface area (Å²) in [7, 11) is 1.94. The molecule has 6 nitrogen and oxygen atoms in total. The third kappa shape index (κ3) is 3.92. The topological polar surface area (TPSA) is 65.8 Å². The molecular formula is C24H28F3N3O3. The first-order valence-corrected chi connectivity index (χ1v) is 11.1. The molecule has 4 rings (SSSR count). The van der Waals surface area contributed by atoms with Gasteiger partial charge in [-0.15, -0.1) is 0 Å². The van der Waals surface area contributed by atoms with E-state index in [9.17, 15) is 27.9 Å². The monoisotopic (exact) mass is 463 g/mol. The molecule has 1 N–H and O–H groups in total. The van der Waals surface area contributed by atoms with Crippen LogP contribution >= 0.6 is 0 Å². The molecule has 9 heteroatoms. The molecular weight excluding hydrogens is 435 g/mol. The van der Waals surface area contributed by atoms with Crippen LogP contribution in [-0.4, -0.2) is 64.0 Å². The average molecular weight is 464 g/mol. The van der Waals surface area contributed by atoms with E-state index in [-0.39, 0.29) is 23.3 Å². The highest BCUT2D eigenvalue weighted by Crippen LogP contribution is 2.42. The zero-order valence-corrected chi connectivity index (χ0v) is 18.9. The molecule has 1 fully saturated rings. The Morgan fingerprint density at radius 1 is 1.03 bits per heavy atom. The summed E-state index contributed by atoms with van der Waals surface area (Å²) < 4.78 is 40.7. The first kappa shape index (κ1) is 23.4. The maximum atomic E-state index is 13.1. The number of aromatic nitrogens is 1. The Balaban J connectivity index is 1.57. The number of ketones is 1. The zero-order valence-electron chi connectivity index (χ0n) is 18.9. The molecule has 0 radical (unpaired) electrons. The molecule has 0 bridgehead atoms. The van der Waals surface area contributed by atoms with Gasteiger partial charge >= 0.3 is 6.18 Å². The Hall–Kier alpha value is -2.81. The van der Waals surface area contributed by atoms with Crippen LogP contribution in [0, 0.1) is 0 Å². The van der Waals surface area contributed by atoms with E-state index in [0.29, 0.717) is 55.8 Å². The van der Waals surface area contributed by atoms with Gasteiger partial charge in [-0.2, -0.15) is 13.2 Å². The van der Waals surface area contributed by atoms with Crippen molar-refractivity contribution in [3.05, 3.63) is 52.8 Å². The number of fused-ring (bicyclic) bond motifs is 2. The molecule has 1 aromatic heterocycles. The minimum Gasteiger partial charge on any atom is -0.508 e. The van der Waals surface area contributed by atoms with Crippen LogP contribution in [0.4, 0.5) is 13.2 Å². The van der Waals surface area contributed by atoms with Crippen molar-refractivity contribution < 1.29 is 27.9 Å². The number of nitrogens with zero attached hydrogens (tertiary/aromatic N) is 3. The lowest BCUT2D eigenvalue weighted by Crippen LogP contribution is -2.56. The summed E-state index contributed by atoms with van der Waals surface area (Å²) in [6.45, 7) is 5.60. The normalized spacial score (nSPS) is 18.6. The highest BCUT2D eigenvalue weighted by molar-refractivity contribution is 5.99. The fourth-order valence-electron chi connectivity index (χ4n) is 5.17. The van der Waals surface area contributed by atoms with Gasteiger partial charge in [0.15, 0.2) is 0 Å². The highest BCUT2D eigenvalue weighted by Gasteiger charge is 2.47. The quantitative estimate of drug-likeness (QED) is 0.695. The lowest BCUT2D eigenvalue weighted by atomic mass is 9.81. The Morgan fingerprint density at radius 2 is 1.70 bits per heavy atom. The summed E-state index contributed by atoms with van der Waals surface area (Å²) in [6.07, 6.45) is -3.82. The average Bonchev–Trinajstić information content (AvgIpc) is 3.20. The number of Topliss-reactive ketones (excluding diaryl/α,β-unsaturated/α-hetero) is 1. The van der Waals surface area contributed by atoms with E-state index in [1.807, 2.05) is 20.9 Å². The van der Waals surface area contributed by atoms with Crippen LogP contribution in [0.2, 0.25) is 0 Å². The number of rotatable bonds is 3. The number of aromatic hydroxyl groups is 1. The van der Waals surface area contributed by atoms with Gasteiger partial charge in [0.2, 0.25) is 0 Å². The van der Waals surface area contributed by atoms with Gasteiger partial charge in [-0.3, -0.25) is 14.5 Å². The number of carbonyl (C=O) groups is 2. The van der Waals surface area contributed by atoms with E-state index in [2.05, 4.69) is 4.90 Å². The number of piperidine rings is 1. The fraction of sp³-hybridized carbons (Fsp3) is 0.500. The molecule has 1 aromatic carbocycles.